The number of aliphatic carboxylic acids is 1. The van der Waals surface area contributed by atoms with Crippen LogP contribution in [-0.2, 0) is 11.2 Å². The number of piperazine rings is 1. The van der Waals surface area contributed by atoms with Crippen molar-refractivity contribution in [3.63, 3.8) is 0 Å². The lowest BCUT2D eigenvalue weighted by Gasteiger charge is -2.32. The highest BCUT2D eigenvalue weighted by atomic mass is 35.5. The lowest BCUT2D eigenvalue weighted by atomic mass is 10.00. The quantitative estimate of drug-likeness (QED) is 0.832. The second-order valence-corrected chi connectivity index (χ2v) is 6.82. The number of benzene rings is 2. The van der Waals surface area contributed by atoms with E-state index in [0.717, 1.165) is 48.7 Å². The van der Waals surface area contributed by atoms with Crippen molar-refractivity contribution in [3.05, 3.63) is 59.1 Å². The topological polar surface area (TPSA) is 52.6 Å². The Balaban J connectivity index is 1.62. The number of nitrogens with zero attached hydrogens (tertiary/aromatic N) is 1. The van der Waals surface area contributed by atoms with Gasteiger partial charge >= 0.3 is 5.97 Å². The van der Waals surface area contributed by atoms with Gasteiger partial charge in [0.05, 0.1) is 0 Å². The van der Waals surface area contributed by atoms with E-state index in [4.69, 9.17) is 11.6 Å². The number of nitrogens with one attached hydrogen (secondary N) is 1. The predicted molar refractivity (Wildman–Crippen MR) is 101 cm³/mol. The number of aryl methyl sites for hydroxylation is 1. The molecule has 1 saturated heterocycles. The van der Waals surface area contributed by atoms with Gasteiger partial charge in [-0.25, -0.2) is 0 Å². The number of hydrogen-bond acceptors (Lipinski definition) is 3. The van der Waals surface area contributed by atoms with Gasteiger partial charge in [-0.3, -0.25) is 9.69 Å². The van der Waals surface area contributed by atoms with Gasteiger partial charge in [0.25, 0.3) is 0 Å². The number of hydrogen-bond donors (Lipinski definition) is 2. The van der Waals surface area contributed by atoms with Crippen LogP contribution in [-0.4, -0.2) is 48.2 Å². The van der Waals surface area contributed by atoms with Gasteiger partial charge in [-0.05, 0) is 41.7 Å². The number of halogens is 1. The van der Waals surface area contributed by atoms with E-state index in [1.165, 1.54) is 5.56 Å². The SMILES string of the molecule is O=C(O)[C@@H](CCc1ccc(-c2ccc(Cl)cc2)cc1)N1CCNCC1. The molecule has 1 heterocycles. The van der Waals surface area contributed by atoms with E-state index in [9.17, 15) is 9.90 Å². The Kier molecular flexibility index (Phi) is 6.08. The molecule has 0 spiro atoms. The minimum atomic E-state index is -0.723. The molecule has 0 bridgehead atoms. The molecule has 0 amide bonds. The van der Waals surface area contributed by atoms with Crippen LogP contribution in [0.15, 0.2) is 48.5 Å². The van der Waals surface area contributed by atoms with E-state index < -0.39 is 12.0 Å². The first-order valence-electron chi connectivity index (χ1n) is 8.66. The van der Waals surface area contributed by atoms with Crippen LogP contribution >= 0.6 is 11.6 Å². The van der Waals surface area contributed by atoms with Crippen LogP contribution in [0.5, 0.6) is 0 Å². The fraction of sp³-hybridized carbons (Fsp3) is 0.350. The fourth-order valence-electron chi connectivity index (χ4n) is 3.27. The van der Waals surface area contributed by atoms with Gasteiger partial charge in [0.1, 0.15) is 6.04 Å². The largest absolute Gasteiger partial charge is 0.480 e. The Morgan fingerprint density at radius 3 is 2.16 bits per heavy atom. The van der Waals surface area contributed by atoms with E-state index in [1.807, 2.05) is 24.3 Å². The summed E-state index contributed by atoms with van der Waals surface area (Å²) in [6.07, 6.45) is 1.40. The molecular weight excluding hydrogens is 336 g/mol. The maximum absolute atomic E-state index is 11.6. The van der Waals surface area contributed by atoms with Crippen LogP contribution in [0.4, 0.5) is 0 Å². The van der Waals surface area contributed by atoms with Crippen LogP contribution < -0.4 is 5.32 Å². The summed E-state index contributed by atoms with van der Waals surface area (Å²) in [5.41, 5.74) is 3.43. The van der Waals surface area contributed by atoms with Gasteiger partial charge in [0.2, 0.25) is 0 Å². The first kappa shape index (κ1) is 17.9. The van der Waals surface area contributed by atoms with Crippen LogP contribution in [0, 0.1) is 0 Å². The smallest absolute Gasteiger partial charge is 0.320 e. The summed E-state index contributed by atoms with van der Waals surface area (Å²) >= 11 is 5.93. The monoisotopic (exact) mass is 358 g/mol. The second-order valence-electron chi connectivity index (χ2n) is 6.38. The zero-order valence-electron chi connectivity index (χ0n) is 14.1. The average molecular weight is 359 g/mol. The van der Waals surface area contributed by atoms with Crippen molar-refractivity contribution in [2.45, 2.75) is 18.9 Å². The molecule has 2 N–H and O–H groups in total. The molecule has 0 unspecified atom stereocenters. The van der Waals surface area contributed by atoms with Crippen molar-refractivity contribution in [1.29, 1.82) is 0 Å². The summed E-state index contributed by atoms with van der Waals surface area (Å²) in [5.74, 6) is -0.723. The molecule has 5 heteroatoms. The molecular formula is C20H23ClN2O2. The van der Waals surface area contributed by atoms with E-state index in [0.29, 0.717) is 6.42 Å². The number of carboxylic acid groups (broad SMARTS) is 1. The molecule has 1 atom stereocenters. The highest BCUT2D eigenvalue weighted by Gasteiger charge is 2.26. The lowest BCUT2D eigenvalue weighted by molar-refractivity contribution is -0.143. The zero-order valence-corrected chi connectivity index (χ0v) is 14.9. The van der Waals surface area contributed by atoms with Crippen LogP contribution in [0.25, 0.3) is 11.1 Å². The standard InChI is InChI=1S/C20H23ClN2O2/c21-18-8-6-17(7-9-18)16-4-1-15(2-5-16)3-10-19(20(24)25)23-13-11-22-12-14-23/h1-2,4-9,19,22H,3,10-14H2,(H,24,25)/t19-/m1/s1. The molecule has 3 rings (SSSR count). The predicted octanol–water partition coefficient (Wildman–Crippen LogP) is 3.30. The van der Waals surface area contributed by atoms with Gasteiger partial charge < -0.3 is 10.4 Å². The van der Waals surface area contributed by atoms with Crippen molar-refractivity contribution in [2.75, 3.05) is 26.2 Å². The summed E-state index contributed by atoms with van der Waals surface area (Å²) in [4.78, 5) is 13.7. The van der Waals surface area contributed by atoms with Crippen LogP contribution in [0.3, 0.4) is 0 Å². The van der Waals surface area contributed by atoms with E-state index >= 15 is 0 Å². The lowest BCUT2D eigenvalue weighted by Crippen LogP contribution is -2.51. The van der Waals surface area contributed by atoms with Gasteiger partial charge in [-0.2, -0.15) is 0 Å². The molecule has 0 radical (unpaired) electrons. The maximum atomic E-state index is 11.6. The van der Waals surface area contributed by atoms with Crippen molar-refractivity contribution in [1.82, 2.24) is 10.2 Å². The Morgan fingerprint density at radius 2 is 1.60 bits per heavy atom. The molecule has 0 saturated carbocycles. The average Bonchev–Trinajstić information content (AvgIpc) is 2.64. The molecule has 2 aromatic rings. The number of carbonyl (C=O) groups is 1. The molecule has 1 aliphatic rings. The van der Waals surface area contributed by atoms with Gasteiger partial charge in [-0.15, -0.1) is 0 Å². The Bertz CT molecular complexity index is 695. The molecule has 0 aliphatic carbocycles. The van der Waals surface area contributed by atoms with Crippen molar-refractivity contribution in [3.8, 4) is 11.1 Å². The van der Waals surface area contributed by atoms with Gasteiger partial charge in [0, 0.05) is 31.2 Å². The van der Waals surface area contributed by atoms with Crippen molar-refractivity contribution >= 4 is 17.6 Å². The normalized spacial score (nSPS) is 16.5. The molecule has 4 nitrogen and oxygen atoms in total. The van der Waals surface area contributed by atoms with Crippen molar-refractivity contribution < 1.29 is 9.90 Å². The Morgan fingerprint density at radius 1 is 1.04 bits per heavy atom. The maximum Gasteiger partial charge on any atom is 0.320 e. The third-order valence-corrected chi connectivity index (χ3v) is 4.97. The summed E-state index contributed by atoms with van der Waals surface area (Å²) in [6.45, 7) is 3.32. The summed E-state index contributed by atoms with van der Waals surface area (Å²) < 4.78 is 0. The van der Waals surface area contributed by atoms with Crippen LogP contribution in [0.2, 0.25) is 5.02 Å². The van der Waals surface area contributed by atoms with E-state index in [2.05, 4.69) is 34.5 Å². The third kappa shape index (κ3) is 4.82. The minimum absolute atomic E-state index is 0.405. The molecule has 25 heavy (non-hydrogen) atoms. The zero-order chi connectivity index (χ0) is 17.6. The molecule has 2 aromatic carbocycles. The fourth-order valence-corrected chi connectivity index (χ4v) is 3.39. The molecule has 132 valence electrons. The number of carboxylic acids is 1. The summed E-state index contributed by atoms with van der Waals surface area (Å²) in [5, 5.41) is 13.5. The first-order chi connectivity index (χ1) is 12.1. The molecule has 1 aliphatic heterocycles. The highest BCUT2D eigenvalue weighted by molar-refractivity contribution is 6.30. The van der Waals surface area contributed by atoms with Crippen LogP contribution in [0.1, 0.15) is 12.0 Å². The van der Waals surface area contributed by atoms with Gasteiger partial charge in [0.15, 0.2) is 0 Å². The summed E-state index contributed by atoms with van der Waals surface area (Å²) in [7, 11) is 0. The van der Waals surface area contributed by atoms with E-state index in [1.54, 1.807) is 0 Å². The second kappa shape index (κ2) is 8.48. The van der Waals surface area contributed by atoms with E-state index in [-0.39, 0.29) is 0 Å². The Labute approximate surface area is 153 Å². The molecule has 1 fully saturated rings. The number of rotatable bonds is 6. The third-order valence-electron chi connectivity index (χ3n) is 4.72. The minimum Gasteiger partial charge on any atom is -0.480 e. The highest BCUT2D eigenvalue weighted by Crippen LogP contribution is 2.22. The van der Waals surface area contributed by atoms with Crippen molar-refractivity contribution in [2.24, 2.45) is 0 Å². The first-order valence-corrected chi connectivity index (χ1v) is 9.04. The Hall–Kier alpha value is -1.88. The molecule has 0 aromatic heterocycles. The van der Waals surface area contributed by atoms with Gasteiger partial charge in [-0.1, -0.05) is 48.0 Å². The summed E-state index contributed by atoms with van der Waals surface area (Å²) in [6, 6.07) is 15.7.